The second-order valence-corrected chi connectivity index (χ2v) is 6.16. The Labute approximate surface area is 138 Å². The first-order valence-corrected chi connectivity index (χ1v) is 8.08. The third-order valence-electron chi connectivity index (χ3n) is 4.47. The van der Waals surface area contributed by atoms with E-state index in [-0.39, 0.29) is 12.1 Å². The summed E-state index contributed by atoms with van der Waals surface area (Å²) in [6.45, 7) is 2.79. The van der Waals surface area contributed by atoms with Gasteiger partial charge in [-0.2, -0.15) is 0 Å². The van der Waals surface area contributed by atoms with Crippen molar-refractivity contribution in [2.45, 2.75) is 31.3 Å². The predicted molar refractivity (Wildman–Crippen MR) is 82.3 cm³/mol. The molecule has 0 unspecified atom stereocenters. The van der Waals surface area contributed by atoms with Crippen LogP contribution < -0.4 is 10.6 Å². The average Bonchev–Trinajstić information content (AvgIpc) is 3.01. The molecule has 2 fully saturated rings. The van der Waals surface area contributed by atoms with Crippen LogP contribution in [0.3, 0.4) is 0 Å². The van der Waals surface area contributed by atoms with Gasteiger partial charge >= 0.3 is 6.03 Å². The first-order chi connectivity index (χ1) is 11.5. The second kappa shape index (κ2) is 7.40. The van der Waals surface area contributed by atoms with Gasteiger partial charge in [-0.3, -0.25) is 4.90 Å². The molecular weight excluding hydrogens is 323 g/mol. The Hall–Kier alpha value is -1.80. The van der Waals surface area contributed by atoms with Crippen molar-refractivity contribution in [3.05, 3.63) is 29.6 Å². The molecule has 0 spiro atoms. The van der Waals surface area contributed by atoms with Crippen molar-refractivity contribution < 1.29 is 22.7 Å². The number of benzene rings is 1. The number of piperidine rings is 1. The number of likely N-dealkylation sites (tertiary alicyclic amines) is 1. The SMILES string of the molecule is O=C(Nc1cc(F)cc(F)c1F)N[C@@H]1COC[C@H]1N1CCCCC1. The molecule has 0 radical (unpaired) electrons. The average molecular weight is 343 g/mol. The summed E-state index contributed by atoms with van der Waals surface area (Å²) >= 11 is 0. The highest BCUT2D eigenvalue weighted by Crippen LogP contribution is 2.21. The van der Waals surface area contributed by atoms with Gasteiger partial charge in [0.2, 0.25) is 0 Å². The van der Waals surface area contributed by atoms with Crippen molar-refractivity contribution in [3.8, 4) is 0 Å². The zero-order chi connectivity index (χ0) is 17.1. The van der Waals surface area contributed by atoms with E-state index in [0.717, 1.165) is 32.0 Å². The Kier molecular flexibility index (Phi) is 5.25. The van der Waals surface area contributed by atoms with E-state index in [0.29, 0.717) is 19.3 Å². The largest absolute Gasteiger partial charge is 0.378 e. The summed E-state index contributed by atoms with van der Waals surface area (Å²) in [5.74, 6) is -3.60. The number of carbonyl (C=O) groups is 1. The molecule has 8 heteroatoms. The molecule has 0 saturated carbocycles. The van der Waals surface area contributed by atoms with Crippen LogP contribution in [-0.2, 0) is 4.74 Å². The van der Waals surface area contributed by atoms with Gasteiger partial charge in [0.25, 0.3) is 0 Å². The Morgan fingerprint density at radius 1 is 1.12 bits per heavy atom. The van der Waals surface area contributed by atoms with Crippen molar-refractivity contribution in [2.24, 2.45) is 0 Å². The van der Waals surface area contributed by atoms with Gasteiger partial charge in [0.1, 0.15) is 5.82 Å². The fourth-order valence-corrected chi connectivity index (χ4v) is 3.26. The fourth-order valence-electron chi connectivity index (χ4n) is 3.26. The second-order valence-electron chi connectivity index (χ2n) is 6.16. The quantitative estimate of drug-likeness (QED) is 0.829. The van der Waals surface area contributed by atoms with Crippen LogP contribution >= 0.6 is 0 Å². The van der Waals surface area contributed by atoms with E-state index in [1.54, 1.807) is 0 Å². The first kappa shape index (κ1) is 17.0. The van der Waals surface area contributed by atoms with Crippen LogP contribution in [0.1, 0.15) is 19.3 Å². The zero-order valence-corrected chi connectivity index (χ0v) is 13.2. The van der Waals surface area contributed by atoms with E-state index < -0.39 is 29.2 Å². The van der Waals surface area contributed by atoms with Crippen LogP contribution in [0.4, 0.5) is 23.7 Å². The summed E-state index contributed by atoms with van der Waals surface area (Å²) in [4.78, 5) is 14.3. The molecular formula is C16H20F3N3O2. The molecule has 2 N–H and O–H groups in total. The van der Waals surface area contributed by atoms with Crippen LogP contribution in [0.25, 0.3) is 0 Å². The third kappa shape index (κ3) is 3.81. The summed E-state index contributed by atoms with van der Waals surface area (Å²) < 4.78 is 45.4. The number of halogens is 3. The number of hydrogen-bond acceptors (Lipinski definition) is 3. The number of ether oxygens (including phenoxy) is 1. The van der Waals surface area contributed by atoms with Crippen LogP contribution in [-0.4, -0.2) is 49.3 Å². The molecule has 24 heavy (non-hydrogen) atoms. The molecule has 2 atom stereocenters. The molecule has 132 valence electrons. The maximum atomic E-state index is 13.6. The van der Waals surface area contributed by atoms with E-state index >= 15 is 0 Å². The van der Waals surface area contributed by atoms with Crippen LogP contribution in [0, 0.1) is 17.5 Å². The summed E-state index contributed by atoms with van der Waals surface area (Å²) in [5, 5.41) is 4.88. The van der Waals surface area contributed by atoms with E-state index in [2.05, 4.69) is 15.5 Å². The molecule has 0 aliphatic carbocycles. The summed E-state index contributed by atoms with van der Waals surface area (Å²) in [6, 6.07) is 0.270. The van der Waals surface area contributed by atoms with E-state index in [4.69, 9.17) is 4.74 Å². The van der Waals surface area contributed by atoms with E-state index in [1.807, 2.05) is 0 Å². The van der Waals surface area contributed by atoms with E-state index in [1.165, 1.54) is 6.42 Å². The monoisotopic (exact) mass is 343 g/mol. The molecule has 1 aromatic carbocycles. The molecule has 3 rings (SSSR count). The Morgan fingerprint density at radius 2 is 1.88 bits per heavy atom. The van der Waals surface area contributed by atoms with Crippen LogP contribution in [0.2, 0.25) is 0 Å². The lowest BCUT2D eigenvalue weighted by molar-refractivity contribution is 0.125. The molecule has 5 nitrogen and oxygen atoms in total. The van der Waals surface area contributed by atoms with Gasteiger partial charge in [0, 0.05) is 12.1 Å². The molecule has 0 bridgehead atoms. The number of nitrogens with one attached hydrogen (secondary N) is 2. The van der Waals surface area contributed by atoms with Crippen LogP contribution in [0.15, 0.2) is 12.1 Å². The number of hydrogen-bond donors (Lipinski definition) is 2. The number of nitrogens with zero attached hydrogens (tertiary/aromatic N) is 1. The zero-order valence-electron chi connectivity index (χ0n) is 13.2. The van der Waals surface area contributed by atoms with Gasteiger partial charge < -0.3 is 15.4 Å². The van der Waals surface area contributed by atoms with Crippen molar-refractivity contribution in [1.29, 1.82) is 0 Å². The Morgan fingerprint density at radius 3 is 2.62 bits per heavy atom. The number of anilines is 1. The Bertz CT molecular complexity index is 608. The highest BCUT2D eigenvalue weighted by molar-refractivity contribution is 5.89. The fraction of sp³-hybridized carbons (Fsp3) is 0.562. The van der Waals surface area contributed by atoms with Gasteiger partial charge in [0.15, 0.2) is 11.6 Å². The topological polar surface area (TPSA) is 53.6 Å². The van der Waals surface area contributed by atoms with Gasteiger partial charge in [0.05, 0.1) is 31.0 Å². The summed E-state index contributed by atoms with van der Waals surface area (Å²) in [6.07, 6.45) is 3.43. The lowest BCUT2D eigenvalue weighted by atomic mass is 10.1. The smallest absolute Gasteiger partial charge is 0.319 e. The number of amides is 2. The lowest BCUT2D eigenvalue weighted by Crippen LogP contribution is -2.53. The van der Waals surface area contributed by atoms with Crippen molar-refractivity contribution >= 4 is 11.7 Å². The molecule has 2 amide bonds. The molecule has 2 saturated heterocycles. The molecule has 2 heterocycles. The van der Waals surface area contributed by atoms with Crippen molar-refractivity contribution in [2.75, 3.05) is 31.6 Å². The molecule has 2 aliphatic heterocycles. The number of carbonyl (C=O) groups excluding carboxylic acids is 1. The normalized spacial score (nSPS) is 24.8. The van der Waals surface area contributed by atoms with Gasteiger partial charge in [-0.15, -0.1) is 0 Å². The predicted octanol–water partition coefficient (Wildman–Crippen LogP) is 2.48. The minimum absolute atomic E-state index is 0.0603. The standard InChI is InChI=1S/C16H20F3N3O2/c17-10-6-11(18)15(19)12(7-10)20-16(23)21-13-8-24-9-14(13)22-4-2-1-3-5-22/h6-7,13-14H,1-5,8-9H2,(H2,20,21,23)/t13-,14-/m1/s1. The highest BCUT2D eigenvalue weighted by Gasteiger charge is 2.34. The van der Waals surface area contributed by atoms with Crippen molar-refractivity contribution in [1.82, 2.24) is 10.2 Å². The van der Waals surface area contributed by atoms with Crippen molar-refractivity contribution in [3.63, 3.8) is 0 Å². The number of rotatable bonds is 3. The molecule has 0 aromatic heterocycles. The minimum Gasteiger partial charge on any atom is -0.378 e. The maximum Gasteiger partial charge on any atom is 0.319 e. The highest BCUT2D eigenvalue weighted by atomic mass is 19.2. The maximum absolute atomic E-state index is 13.6. The van der Waals surface area contributed by atoms with Gasteiger partial charge in [-0.25, -0.2) is 18.0 Å². The van der Waals surface area contributed by atoms with E-state index in [9.17, 15) is 18.0 Å². The molecule has 1 aromatic rings. The van der Waals surface area contributed by atoms with Gasteiger partial charge in [-0.05, 0) is 25.9 Å². The van der Waals surface area contributed by atoms with Gasteiger partial charge in [-0.1, -0.05) is 6.42 Å². The van der Waals surface area contributed by atoms with Crippen LogP contribution in [0.5, 0.6) is 0 Å². The molecule has 2 aliphatic rings. The third-order valence-corrected chi connectivity index (χ3v) is 4.47. The first-order valence-electron chi connectivity index (χ1n) is 8.08. The lowest BCUT2D eigenvalue weighted by Gasteiger charge is -2.34. The summed E-state index contributed by atoms with van der Waals surface area (Å²) in [5.41, 5.74) is -0.529. The minimum atomic E-state index is -1.35. The Balaban J connectivity index is 1.62. The summed E-state index contributed by atoms with van der Waals surface area (Å²) in [7, 11) is 0. The number of urea groups is 1.